The summed E-state index contributed by atoms with van der Waals surface area (Å²) in [6, 6.07) is -1.03. The molecule has 2 fully saturated rings. The van der Waals surface area contributed by atoms with Crippen LogP contribution in [-0.4, -0.2) is 86.0 Å². The molecule has 0 saturated heterocycles. The van der Waals surface area contributed by atoms with Gasteiger partial charge in [-0.25, -0.2) is 18.9 Å². The van der Waals surface area contributed by atoms with Crippen LogP contribution in [0.5, 0.6) is 0 Å². The summed E-state index contributed by atoms with van der Waals surface area (Å²) in [5, 5.41) is 9.57. The minimum Gasteiger partial charge on any atom is -0.480 e. The van der Waals surface area contributed by atoms with Gasteiger partial charge < -0.3 is 34.7 Å². The summed E-state index contributed by atoms with van der Waals surface area (Å²) in [5.74, 6) is -1.81. The van der Waals surface area contributed by atoms with Crippen LogP contribution in [0.25, 0.3) is 0 Å². The lowest BCUT2D eigenvalue weighted by molar-refractivity contribution is -0.142. The molecule has 1 atom stereocenters. The Labute approximate surface area is 248 Å². The van der Waals surface area contributed by atoms with Gasteiger partial charge in [-0.1, -0.05) is 26.7 Å². The molecular formula is C27H48N3O11P. The third-order valence-electron chi connectivity index (χ3n) is 7.04. The third kappa shape index (κ3) is 13.6. The van der Waals surface area contributed by atoms with E-state index in [2.05, 4.69) is 4.76 Å². The van der Waals surface area contributed by atoms with Crippen molar-refractivity contribution in [1.29, 1.82) is 0 Å². The number of guanidine groups is 1. The van der Waals surface area contributed by atoms with Crippen molar-refractivity contribution >= 4 is 32.0 Å². The van der Waals surface area contributed by atoms with Crippen molar-refractivity contribution in [3.63, 3.8) is 0 Å². The van der Waals surface area contributed by atoms with Gasteiger partial charge in [0.15, 0.2) is 0 Å². The molecule has 0 amide bonds. The normalized spacial score (nSPS) is 17.9. The molecule has 2 saturated carbocycles. The molecule has 2 aliphatic rings. The second-order valence-electron chi connectivity index (χ2n) is 10.9. The van der Waals surface area contributed by atoms with E-state index in [4.69, 9.17) is 33.7 Å². The molecule has 0 aromatic carbocycles. The van der Waals surface area contributed by atoms with Crippen LogP contribution in [0.1, 0.15) is 90.9 Å². The number of aliphatic carboxylic acids is 1. The quantitative estimate of drug-likeness (QED) is 0.0750. The van der Waals surface area contributed by atoms with E-state index in [9.17, 15) is 24.1 Å². The van der Waals surface area contributed by atoms with E-state index >= 15 is 0 Å². The van der Waals surface area contributed by atoms with Crippen molar-refractivity contribution in [2.24, 2.45) is 16.4 Å². The molecule has 242 valence electrons. The van der Waals surface area contributed by atoms with Crippen LogP contribution >= 0.6 is 7.75 Å². The van der Waals surface area contributed by atoms with Crippen molar-refractivity contribution in [3.05, 3.63) is 0 Å². The predicted octanol–water partition coefficient (Wildman–Crippen LogP) is 5.24. The molecular weight excluding hydrogens is 573 g/mol. The van der Waals surface area contributed by atoms with E-state index in [-0.39, 0.29) is 63.4 Å². The van der Waals surface area contributed by atoms with Crippen LogP contribution in [0.4, 0.5) is 9.59 Å². The first-order valence-corrected chi connectivity index (χ1v) is 16.4. The van der Waals surface area contributed by atoms with Crippen LogP contribution in [0.3, 0.4) is 0 Å². The summed E-state index contributed by atoms with van der Waals surface area (Å²) in [6.07, 6.45) is 8.13. The minimum atomic E-state index is -4.23. The van der Waals surface area contributed by atoms with Crippen LogP contribution < -0.4 is 5.73 Å². The summed E-state index contributed by atoms with van der Waals surface area (Å²) < 4.78 is 49.0. The lowest BCUT2D eigenvalue weighted by atomic mass is 9.98. The number of hydrogen-bond donors (Lipinski definition) is 2. The number of hydrogen-bond acceptors (Lipinski definition) is 10. The SMILES string of the molecule is CC(C)C(C(=O)O)N(C)C(N)=NP(=O)(OCCCOC(=O)OC1CCCCC1)OCCCOC(=O)OC1CCCCC1. The van der Waals surface area contributed by atoms with Crippen molar-refractivity contribution in [3.8, 4) is 0 Å². The molecule has 0 aromatic rings. The second-order valence-corrected chi connectivity index (χ2v) is 12.5. The number of nitrogens with two attached hydrogens (primary N) is 1. The lowest BCUT2D eigenvalue weighted by Crippen LogP contribution is -2.48. The fourth-order valence-corrected chi connectivity index (χ4v) is 6.13. The minimum absolute atomic E-state index is 0.0456. The Morgan fingerprint density at radius 2 is 1.26 bits per heavy atom. The number of rotatable bonds is 16. The zero-order valence-electron chi connectivity index (χ0n) is 25.1. The zero-order chi connectivity index (χ0) is 31.0. The topological polar surface area (TPSA) is 186 Å². The average Bonchev–Trinajstić information content (AvgIpc) is 2.93. The fraction of sp³-hybridized carbons (Fsp3) is 0.852. The molecule has 0 aromatic heterocycles. The van der Waals surface area contributed by atoms with Gasteiger partial charge in [-0.15, -0.1) is 4.76 Å². The Bertz CT molecular complexity index is 875. The van der Waals surface area contributed by atoms with E-state index in [1.807, 2.05) is 0 Å². The highest BCUT2D eigenvalue weighted by Crippen LogP contribution is 2.50. The summed E-state index contributed by atoms with van der Waals surface area (Å²) >= 11 is 0. The third-order valence-corrected chi connectivity index (χ3v) is 8.51. The Balaban J connectivity index is 1.87. The average molecular weight is 622 g/mol. The van der Waals surface area contributed by atoms with Gasteiger partial charge in [0.2, 0.25) is 5.96 Å². The number of carbonyl (C=O) groups excluding carboxylic acids is 2. The maximum atomic E-state index is 13.5. The summed E-state index contributed by atoms with van der Waals surface area (Å²) in [4.78, 5) is 36.7. The molecule has 2 aliphatic carbocycles. The molecule has 42 heavy (non-hydrogen) atoms. The Hall–Kier alpha value is -2.57. The van der Waals surface area contributed by atoms with Gasteiger partial charge >= 0.3 is 26.0 Å². The number of ether oxygens (including phenoxy) is 4. The molecule has 0 heterocycles. The van der Waals surface area contributed by atoms with E-state index < -0.39 is 32.1 Å². The molecule has 0 aliphatic heterocycles. The summed E-state index contributed by atoms with van der Waals surface area (Å²) in [5.41, 5.74) is 6.01. The van der Waals surface area contributed by atoms with Crippen LogP contribution in [0.2, 0.25) is 0 Å². The second kappa shape index (κ2) is 18.9. The van der Waals surface area contributed by atoms with Gasteiger partial charge in [0.25, 0.3) is 0 Å². The summed E-state index contributed by atoms with van der Waals surface area (Å²) in [7, 11) is -2.81. The van der Waals surface area contributed by atoms with Gasteiger partial charge in [-0.05, 0) is 57.3 Å². The standard InChI is InChI=1S/C27H48N3O11P/c1-20(2)23(24(31)32)30(3)25(28)29-42(35,38-18-10-16-36-26(33)40-21-12-6-4-7-13-21)39-19-11-17-37-27(34)41-22-14-8-5-9-15-22/h20-23H,4-19H2,1-3H3,(H,31,32)(H2,28,29,35). The fourth-order valence-electron chi connectivity index (χ4n) is 4.83. The molecule has 14 nitrogen and oxygen atoms in total. The van der Waals surface area contributed by atoms with Crippen molar-refractivity contribution in [2.45, 2.75) is 109 Å². The van der Waals surface area contributed by atoms with Gasteiger partial charge in [-0.3, -0.25) is 9.05 Å². The van der Waals surface area contributed by atoms with Crippen molar-refractivity contribution < 1.29 is 52.1 Å². The van der Waals surface area contributed by atoms with E-state index in [1.54, 1.807) is 13.8 Å². The van der Waals surface area contributed by atoms with Crippen LogP contribution in [0.15, 0.2) is 4.76 Å². The maximum Gasteiger partial charge on any atom is 0.508 e. The number of carboxylic acid groups (broad SMARTS) is 1. The Morgan fingerprint density at radius 1 is 0.833 bits per heavy atom. The van der Waals surface area contributed by atoms with Crippen molar-refractivity contribution in [1.82, 2.24) is 4.90 Å². The highest BCUT2D eigenvalue weighted by atomic mass is 31.2. The van der Waals surface area contributed by atoms with Crippen LogP contribution in [0, 0.1) is 5.92 Å². The smallest absolute Gasteiger partial charge is 0.480 e. The largest absolute Gasteiger partial charge is 0.508 e. The molecule has 15 heteroatoms. The summed E-state index contributed by atoms with van der Waals surface area (Å²) in [6.45, 7) is 2.99. The molecule has 3 N–H and O–H groups in total. The maximum absolute atomic E-state index is 13.5. The predicted molar refractivity (Wildman–Crippen MR) is 153 cm³/mol. The first-order chi connectivity index (χ1) is 20.0. The number of nitrogens with zero attached hydrogens (tertiary/aromatic N) is 2. The van der Waals surface area contributed by atoms with E-state index in [0.29, 0.717) is 0 Å². The Kier molecular flexibility index (Phi) is 16.0. The van der Waals surface area contributed by atoms with E-state index in [1.165, 1.54) is 11.9 Å². The van der Waals surface area contributed by atoms with Crippen molar-refractivity contribution in [2.75, 3.05) is 33.5 Å². The van der Waals surface area contributed by atoms with Gasteiger partial charge in [0, 0.05) is 19.9 Å². The van der Waals surface area contributed by atoms with Gasteiger partial charge in [0.1, 0.15) is 18.2 Å². The number of carbonyl (C=O) groups is 3. The van der Waals surface area contributed by atoms with E-state index in [0.717, 1.165) is 64.2 Å². The first-order valence-electron chi connectivity index (χ1n) is 14.9. The molecule has 0 bridgehead atoms. The van der Waals surface area contributed by atoms with Crippen LogP contribution in [-0.2, 0) is 37.4 Å². The highest BCUT2D eigenvalue weighted by Gasteiger charge is 2.31. The number of likely N-dealkylation sites (N-methyl/N-ethyl adjacent to an activating group) is 1. The molecule has 1 unspecified atom stereocenters. The van der Waals surface area contributed by atoms with Gasteiger partial charge in [-0.2, -0.15) is 0 Å². The van der Waals surface area contributed by atoms with Gasteiger partial charge in [0.05, 0.1) is 26.4 Å². The first kappa shape index (κ1) is 35.6. The number of carboxylic acids is 1. The zero-order valence-corrected chi connectivity index (χ0v) is 26.0. The molecule has 0 spiro atoms. The lowest BCUT2D eigenvalue weighted by Gasteiger charge is -2.29. The molecule has 2 rings (SSSR count). The molecule has 0 radical (unpaired) electrons. The highest BCUT2D eigenvalue weighted by molar-refractivity contribution is 7.52. The monoisotopic (exact) mass is 621 g/mol. The Morgan fingerprint density at radius 3 is 1.64 bits per heavy atom.